The lowest BCUT2D eigenvalue weighted by Crippen LogP contribution is -2.48. The first-order valence-corrected chi connectivity index (χ1v) is 8.76. The zero-order chi connectivity index (χ0) is 17.7. The van der Waals surface area contributed by atoms with Gasteiger partial charge in [-0.2, -0.15) is 0 Å². The van der Waals surface area contributed by atoms with Crippen molar-refractivity contribution in [1.29, 1.82) is 0 Å². The van der Waals surface area contributed by atoms with Crippen LogP contribution in [0.4, 0.5) is 5.95 Å². The highest BCUT2D eigenvalue weighted by Gasteiger charge is 2.38. The third-order valence-corrected chi connectivity index (χ3v) is 5.04. The summed E-state index contributed by atoms with van der Waals surface area (Å²) in [6.07, 6.45) is 7.03. The molecule has 26 heavy (non-hydrogen) atoms. The first-order valence-electron chi connectivity index (χ1n) is 8.76. The Kier molecular flexibility index (Phi) is 3.24. The normalized spacial score (nSPS) is 22.5. The highest BCUT2D eigenvalue weighted by atomic mass is 16.3. The largest absolute Gasteiger partial charge is 0.390 e. The van der Waals surface area contributed by atoms with Gasteiger partial charge in [0.15, 0.2) is 0 Å². The third-order valence-electron chi connectivity index (χ3n) is 5.04. The first kappa shape index (κ1) is 15.3. The average molecular weight is 345 g/mol. The van der Waals surface area contributed by atoms with Crippen molar-refractivity contribution in [3.8, 4) is 11.1 Å². The van der Waals surface area contributed by atoms with Crippen molar-refractivity contribution < 1.29 is 5.11 Å². The molecule has 0 unspecified atom stereocenters. The van der Waals surface area contributed by atoms with Crippen molar-refractivity contribution in [2.24, 2.45) is 0 Å². The molecule has 0 saturated heterocycles. The van der Waals surface area contributed by atoms with Gasteiger partial charge in [0.25, 0.3) is 0 Å². The zero-order valence-corrected chi connectivity index (χ0v) is 14.4. The lowest BCUT2D eigenvalue weighted by molar-refractivity contribution is -0.0236. The van der Waals surface area contributed by atoms with E-state index in [1.54, 1.807) is 6.20 Å². The number of nitrogens with zero attached hydrogens (tertiary/aromatic N) is 4. The Morgan fingerprint density at radius 3 is 2.92 bits per heavy atom. The molecule has 4 aromatic rings. The van der Waals surface area contributed by atoms with E-state index in [4.69, 9.17) is 0 Å². The lowest BCUT2D eigenvalue weighted by atomic mass is 9.77. The molecule has 0 radical (unpaired) electrons. The van der Waals surface area contributed by atoms with Crippen LogP contribution in [0.15, 0.2) is 55.0 Å². The molecule has 1 aliphatic carbocycles. The molecular formula is C20H19N5O. The topological polar surface area (TPSA) is 75.3 Å². The van der Waals surface area contributed by atoms with Gasteiger partial charge in [-0.3, -0.25) is 4.98 Å². The molecule has 0 spiro atoms. The lowest BCUT2D eigenvalue weighted by Gasteiger charge is -2.41. The number of anilines is 1. The number of benzene rings is 1. The van der Waals surface area contributed by atoms with Crippen molar-refractivity contribution in [2.45, 2.75) is 31.4 Å². The molecule has 5 rings (SSSR count). The average Bonchev–Trinajstić information content (AvgIpc) is 3.03. The minimum absolute atomic E-state index is 0.227. The van der Waals surface area contributed by atoms with E-state index in [2.05, 4.69) is 44.6 Å². The Bertz CT molecular complexity index is 1110. The SMILES string of the molecule is CC1(O)CC(Nc2ncc3c(-c4ccc5ncccc5c4)ccn3n2)C1. The third kappa shape index (κ3) is 2.59. The van der Waals surface area contributed by atoms with Crippen LogP contribution in [0.3, 0.4) is 0 Å². The molecule has 1 saturated carbocycles. The van der Waals surface area contributed by atoms with Gasteiger partial charge in [-0.05, 0) is 49.6 Å². The molecule has 6 nitrogen and oxygen atoms in total. The molecule has 3 heterocycles. The Hall–Kier alpha value is -2.99. The molecule has 130 valence electrons. The van der Waals surface area contributed by atoms with Crippen LogP contribution in [0.1, 0.15) is 19.8 Å². The first-order chi connectivity index (χ1) is 12.6. The summed E-state index contributed by atoms with van der Waals surface area (Å²) in [5.41, 5.74) is 3.59. The fraction of sp³-hybridized carbons (Fsp3) is 0.250. The number of pyridine rings is 1. The fourth-order valence-electron chi connectivity index (χ4n) is 3.74. The summed E-state index contributed by atoms with van der Waals surface area (Å²) in [5.74, 6) is 0.586. The predicted octanol–water partition coefficient (Wildman–Crippen LogP) is 3.27. The fourth-order valence-corrected chi connectivity index (χ4v) is 3.74. The second kappa shape index (κ2) is 5.51. The van der Waals surface area contributed by atoms with Crippen LogP contribution in [-0.2, 0) is 0 Å². The Morgan fingerprint density at radius 2 is 2.08 bits per heavy atom. The number of fused-ring (bicyclic) bond motifs is 2. The van der Waals surface area contributed by atoms with E-state index >= 15 is 0 Å². The van der Waals surface area contributed by atoms with Gasteiger partial charge in [0.05, 0.1) is 22.8 Å². The number of rotatable bonds is 3. The van der Waals surface area contributed by atoms with E-state index in [9.17, 15) is 5.11 Å². The van der Waals surface area contributed by atoms with Crippen LogP contribution in [0.25, 0.3) is 27.5 Å². The zero-order valence-electron chi connectivity index (χ0n) is 14.4. The smallest absolute Gasteiger partial charge is 0.241 e. The van der Waals surface area contributed by atoms with Gasteiger partial charge in [0.2, 0.25) is 5.95 Å². The standard InChI is InChI=1S/C20H19N5O/c1-20(26)10-15(11-20)23-19-22-12-18-16(6-8-25(18)24-19)13-4-5-17-14(9-13)3-2-7-21-17/h2-9,12,15,26H,10-11H2,1H3,(H,23,24). The van der Waals surface area contributed by atoms with Crippen LogP contribution >= 0.6 is 0 Å². The summed E-state index contributed by atoms with van der Waals surface area (Å²) in [6.45, 7) is 1.85. The molecule has 0 atom stereocenters. The Balaban J connectivity index is 1.47. The Morgan fingerprint density at radius 1 is 1.19 bits per heavy atom. The van der Waals surface area contributed by atoms with E-state index in [0.29, 0.717) is 5.95 Å². The second-order valence-corrected chi connectivity index (χ2v) is 7.30. The van der Waals surface area contributed by atoms with Crippen LogP contribution in [0, 0.1) is 0 Å². The van der Waals surface area contributed by atoms with Crippen molar-refractivity contribution in [2.75, 3.05) is 5.32 Å². The second-order valence-electron chi connectivity index (χ2n) is 7.30. The van der Waals surface area contributed by atoms with Gasteiger partial charge < -0.3 is 10.4 Å². The number of nitrogens with one attached hydrogen (secondary N) is 1. The van der Waals surface area contributed by atoms with Crippen molar-refractivity contribution in [1.82, 2.24) is 19.6 Å². The number of hydrogen-bond acceptors (Lipinski definition) is 5. The van der Waals surface area contributed by atoms with Gasteiger partial charge >= 0.3 is 0 Å². The molecule has 1 aromatic carbocycles. The van der Waals surface area contributed by atoms with E-state index < -0.39 is 5.60 Å². The molecule has 6 heteroatoms. The quantitative estimate of drug-likeness (QED) is 0.596. The van der Waals surface area contributed by atoms with Crippen LogP contribution in [0.2, 0.25) is 0 Å². The maximum absolute atomic E-state index is 9.85. The highest BCUT2D eigenvalue weighted by Crippen LogP contribution is 2.33. The summed E-state index contributed by atoms with van der Waals surface area (Å²) in [5, 5.41) is 18.8. The number of hydrogen-bond donors (Lipinski definition) is 2. The van der Waals surface area contributed by atoms with Crippen molar-refractivity contribution in [3.63, 3.8) is 0 Å². The van der Waals surface area contributed by atoms with Gasteiger partial charge in [-0.1, -0.05) is 12.1 Å². The van der Waals surface area contributed by atoms with E-state index in [1.165, 1.54) is 0 Å². The van der Waals surface area contributed by atoms with Crippen LogP contribution in [-0.4, -0.2) is 36.3 Å². The molecule has 0 amide bonds. The monoisotopic (exact) mass is 345 g/mol. The molecule has 2 N–H and O–H groups in total. The maximum atomic E-state index is 9.85. The van der Waals surface area contributed by atoms with Crippen LogP contribution in [0.5, 0.6) is 0 Å². The molecule has 1 aliphatic rings. The number of aliphatic hydroxyl groups is 1. The summed E-state index contributed by atoms with van der Waals surface area (Å²) < 4.78 is 1.84. The van der Waals surface area contributed by atoms with Gasteiger partial charge in [0, 0.05) is 29.4 Å². The predicted molar refractivity (Wildman–Crippen MR) is 101 cm³/mol. The summed E-state index contributed by atoms with van der Waals surface area (Å²) >= 11 is 0. The molecule has 1 fully saturated rings. The van der Waals surface area contributed by atoms with E-state index in [0.717, 1.165) is 40.4 Å². The van der Waals surface area contributed by atoms with Crippen molar-refractivity contribution >= 4 is 22.4 Å². The summed E-state index contributed by atoms with van der Waals surface area (Å²) in [6, 6.07) is 12.5. The minimum Gasteiger partial charge on any atom is -0.390 e. The van der Waals surface area contributed by atoms with E-state index in [-0.39, 0.29) is 6.04 Å². The van der Waals surface area contributed by atoms with Crippen LogP contribution < -0.4 is 5.32 Å². The summed E-state index contributed by atoms with van der Waals surface area (Å²) in [7, 11) is 0. The van der Waals surface area contributed by atoms with E-state index in [1.807, 2.05) is 36.0 Å². The molecule has 3 aromatic heterocycles. The molecular weight excluding hydrogens is 326 g/mol. The van der Waals surface area contributed by atoms with Crippen molar-refractivity contribution in [3.05, 3.63) is 55.0 Å². The Labute approximate surface area is 150 Å². The molecule has 0 bridgehead atoms. The number of aromatic nitrogens is 4. The molecule has 0 aliphatic heterocycles. The maximum Gasteiger partial charge on any atom is 0.241 e. The minimum atomic E-state index is -0.562. The summed E-state index contributed by atoms with van der Waals surface area (Å²) in [4.78, 5) is 8.83. The van der Waals surface area contributed by atoms with Gasteiger partial charge in [-0.25, -0.2) is 9.50 Å². The van der Waals surface area contributed by atoms with Gasteiger partial charge in [0.1, 0.15) is 0 Å². The van der Waals surface area contributed by atoms with Gasteiger partial charge in [-0.15, -0.1) is 5.10 Å². The highest BCUT2D eigenvalue weighted by molar-refractivity contribution is 5.88.